The van der Waals surface area contributed by atoms with Crippen LogP contribution in [0.25, 0.3) is 0 Å². The Balaban J connectivity index is 1.73. The van der Waals surface area contributed by atoms with Crippen molar-refractivity contribution >= 4 is 11.9 Å². The molecule has 0 spiro atoms. The molecule has 2 N–H and O–H groups in total. The lowest BCUT2D eigenvalue weighted by atomic mass is 9.96. The van der Waals surface area contributed by atoms with Gasteiger partial charge < -0.3 is 5.32 Å². The fourth-order valence-electron chi connectivity index (χ4n) is 3.62. The van der Waals surface area contributed by atoms with Crippen LogP contribution in [-0.2, 0) is 0 Å². The van der Waals surface area contributed by atoms with E-state index in [4.69, 9.17) is 4.99 Å². The van der Waals surface area contributed by atoms with E-state index in [1.165, 1.54) is 42.0 Å². The summed E-state index contributed by atoms with van der Waals surface area (Å²) in [6, 6.07) is 7.93. The fourth-order valence-corrected chi connectivity index (χ4v) is 3.62. The molecule has 7 heteroatoms. The van der Waals surface area contributed by atoms with E-state index in [9.17, 15) is 9.18 Å². The van der Waals surface area contributed by atoms with Crippen LogP contribution >= 0.6 is 0 Å². The van der Waals surface area contributed by atoms with E-state index < -0.39 is 6.17 Å². The highest BCUT2D eigenvalue weighted by atomic mass is 19.1. The van der Waals surface area contributed by atoms with Crippen molar-refractivity contribution in [2.24, 2.45) is 4.99 Å². The first-order chi connectivity index (χ1) is 12.6. The SMILES string of the molecule is Cc1cc(=O)n2c(n1)NC(NC1CCCCC1)=NC2c1ccc(F)cc1. The average molecular weight is 355 g/mol. The van der Waals surface area contributed by atoms with Crippen LogP contribution in [0.3, 0.4) is 0 Å². The molecule has 2 aromatic rings. The highest BCUT2D eigenvalue weighted by Gasteiger charge is 2.26. The fraction of sp³-hybridized carbons (Fsp3) is 0.421. The molecule has 0 bridgehead atoms. The predicted octanol–water partition coefficient (Wildman–Crippen LogP) is 2.94. The van der Waals surface area contributed by atoms with Gasteiger partial charge in [-0.1, -0.05) is 31.4 Å². The molecule has 1 saturated carbocycles. The van der Waals surface area contributed by atoms with Gasteiger partial charge in [-0.3, -0.25) is 14.7 Å². The summed E-state index contributed by atoms with van der Waals surface area (Å²) in [6.07, 6.45) is 5.33. The number of aryl methyl sites for hydroxylation is 1. The number of aromatic nitrogens is 2. The number of rotatable bonds is 2. The van der Waals surface area contributed by atoms with E-state index in [1.54, 1.807) is 19.1 Å². The topological polar surface area (TPSA) is 71.3 Å². The number of fused-ring (bicyclic) bond motifs is 1. The number of nitrogens with one attached hydrogen (secondary N) is 2. The molecule has 6 nitrogen and oxygen atoms in total. The van der Waals surface area contributed by atoms with Crippen LogP contribution in [0.15, 0.2) is 40.1 Å². The highest BCUT2D eigenvalue weighted by molar-refractivity contribution is 5.93. The minimum atomic E-state index is -0.571. The molecule has 1 aliphatic heterocycles. The van der Waals surface area contributed by atoms with E-state index in [2.05, 4.69) is 15.6 Å². The molecule has 1 fully saturated rings. The van der Waals surface area contributed by atoms with Crippen molar-refractivity contribution in [1.29, 1.82) is 0 Å². The molecule has 2 heterocycles. The zero-order valence-corrected chi connectivity index (χ0v) is 14.7. The Bertz CT molecular complexity index is 884. The number of hydrogen-bond acceptors (Lipinski definition) is 5. The number of guanidine groups is 1. The third-order valence-corrected chi connectivity index (χ3v) is 4.92. The van der Waals surface area contributed by atoms with Crippen molar-refractivity contribution in [1.82, 2.24) is 14.9 Å². The van der Waals surface area contributed by atoms with Crippen molar-refractivity contribution in [2.45, 2.75) is 51.2 Å². The summed E-state index contributed by atoms with van der Waals surface area (Å²) in [5.41, 5.74) is 1.20. The molecule has 4 rings (SSSR count). The van der Waals surface area contributed by atoms with Crippen LogP contribution in [0.4, 0.5) is 10.3 Å². The van der Waals surface area contributed by atoms with Gasteiger partial charge in [0.2, 0.25) is 11.9 Å². The van der Waals surface area contributed by atoms with E-state index in [1.807, 2.05) is 0 Å². The lowest BCUT2D eigenvalue weighted by Crippen LogP contribution is -2.45. The first-order valence-electron chi connectivity index (χ1n) is 9.07. The van der Waals surface area contributed by atoms with Crippen LogP contribution in [0.1, 0.15) is 49.5 Å². The van der Waals surface area contributed by atoms with Gasteiger partial charge in [0.15, 0.2) is 6.17 Å². The summed E-state index contributed by atoms with van der Waals surface area (Å²) in [5.74, 6) is 0.753. The molecular formula is C19H22FN5O. The summed E-state index contributed by atoms with van der Waals surface area (Å²) in [5, 5.41) is 6.61. The summed E-state index contributed by atoms with van der Waals surface area (Å²) in [6.45, 7) is 1.79. The molecule has 0 saturated heterocycles. The lowest BCUT2D eigenvalue weighted by molar-refractivity contribution is 0.410. The smallest absolute Gasteiger partial charge is 0.257 e. The second-order valence-electron chi connectivity index (χ2n) is 6.94. The van der Waals surface area contributed by atoms with Crippen molar-refractivity contribution in [3.63, 3.8) is 0 Å². The van der Waals surface area contributed by atoms with Crippen molar-refractivity contribution in [2.75, 3.05) is 5.32 Å². The molecule has 1 atom stereocenters. The molecule has 26 heavy (non-hydrogen) atoms. The Kier molecular flexibility index (Phi) is 4.44. The number of nitrogens with zero attached hydrogens (tertiary/aromatic N) is 3. The third kappa shape index (κ3) is 3.34. The van der Waals surface area contributed by atoms with Crippen LogP contribution in [0.2, 0.25) is 0 Å². The zero-order valence-electron chi connectivity index (χ0n) is 14.7. The lowest BCUT2D eigenvalue weighted by Gasteiger charge is -2.30. The van der Waals surface area contributed by atoms with E-state index in [0.717, 1.165) is 18.4 Å². The Morgan fingerprint density at radius 1 is 1.19 bits per heavy atom. The molecule has 1 aliphatic carbocycles. The van der Waals surface area contributed by atoms with Gasteiger partial charge in [-0.2, -0.15) is 0 Å². The summed E-state index contributed by atoms with van der Waals surface area (Å²) in [4.78, 5) is 21.7. The molecule has 1 unspecified atom stereocenters. The van der Waals surface area contributed by atoms with E-state index in [-0.39, 0.29) is 11.4 Å². The molecular weight excluding hydrogens is 333 g/mol. The van der Waals surface area contributed by atoms with Gasteiger partial charge in [0.05, 0.1) is 0 Å². The van der Waals surface area contributed by atoms with Gasteiger partial charge in [0.25, 0.3) is 5.56 Å². The van der Waals surface area contributed by atoms with E-state index in [0.29, 0.717) is 23.6 Å². The minimum absolute atomic E-state index is 0.185. The van der Waals surface area contributed by atoms with Gasteiger partial charge in [0.1, 0.15) is 5.82 Å². The van der Waals surface area contributed by atoms with Crippen molar-refractivity contribution in [3.05, 3.63) is 57.8 Å². The van der Waals surface area contributed by atoms with Gasteiger partial charge >= 0.3 is 0 Å². The number of benzene rings is 1. The van der Waals surface area contributed by atoms with Gasteiger partial charge in [-0.25, -0.2) is 14.4 Å². The standard InChI is InChI=1S/C19H22FN5O/c1-12-11-16(26)25-17(13-7-9-14(20)10-8-13)23-18(24-19(25)21-12)22-15-5-3-2-4-6-15/h7-11,15,17H,2-6H2,1H3,(H2,21,22,23,24). The molecule has 0 radical (unpaired) electrons. The van der Waals surface area contributed by atoms with Crippen LogP contribution in [0.5, 0.6) is 0 Å². The Morgan fingerprint density at radius 3 is 2.65 bits per heavy atom. The first kappa shape index (κ1) is 16.8. The molecule has 0 amide bonds. The van der Waals surface area contributed by atoms with Gasteiger partial charge in [-0.05, 0) is 37.5 Å². The Labute approximate surface area is 151 Å². The second-order valence-corrected chi connectivity index (χ2v) is 6.94. The normalized spacial score (nSPS) is 20.1. The zero-order chi connectivity index (χ0) is 18.1. The van der Waals surface area contributed by atoms with Crippen LogP contribution in [0, 0.1) is 12.7 Å². The van der Waals surface area contributed by atoms with Gasteiger partial charge in [-0.15, -0.1) is 0 Å². The monoisotopic (exact) mass is 355 g/mol. The Morgan fingerprint density at radius 2 is 1.92 bits per heavy atom. The van der Waals surface area contributed by atoms with Crippen LogP contribution in [-0.4, -0.2) is 21.6 Å². The predicted molar refractivity (Wildman–Crippen MR) is 98.8 cm³/mol. The first-order valence-corrected chi connectivity index (χ1v) is 9.07. The maximum absolute atomic E-state index is 13.3. The quantitative estimate of drug-likeness (QED) is 0.869. The average Bonchev–Trinajstić information content (AvgIpc) is 2.62. The van der Waals surface area contributed by atoms with E-state index >= 15 is 0 Å². The molecule has 2 aliphatic rings. The summed E-state index contributed by atoms with van der Waals surface area (Å²) >= 11 is 0. The summed E-state index contributed by atoms with van der Waals surface area (Å²) in [7, 11) is 0. The third-order valence-electron chi connectivity index (χ3n) is 4.92. The van der Waals surface area contributed by atoms with Crippen molar-refractivity contribution in [3.8, 4) is 0 Å². The maximum Gasteiger partial charge on any atom is 0.257 e. The number of halogens is 1. The Hall–Kier alpha value is -2.70. The number of anilines is 1. The second kappa shape index (κ2) is 6.90. The molecule has 136 valence electrons. The summed E-state index contributed by atoms with van der Waals surface area (Å²) < 4.78 is 14.8. The van der Waals surface area contributed by atoms with Crippen molar-refractivity contribution < 1.29 is 4.39 Å². The maximum atomic E-state index is 13.3. The highest BCUT2D eigenvalue weighted by Crippen LogP contribution is 2.26. The van der Waals surface area contributed by atoms with Gasteiger partial charge in [0, 0.05) is 17.8 Å². The largest absolute Gasteiger partial charge is 0.353 e. The van der Waals surface area contributed by atoms with Crippen LogP contribution < -0.4 is 16.2 Å². The molecule has 1 aromatic heterocycles. The molecule has 1 aromatic carbocycles. The number of hydrogen-bond donors (Lipinski definition) is 2. The minimum Gasteiger partial charge on any atom is -0.353 e. The number of aliphatic imine (C=N–C) groups is 1.